The van der Waals surface area contributed by atoms with Crippen molar-refractivity contribution in [3.63, 3.8) is 0 Å². The van der Waals surface area contributed by atoms with Gasteiger partial charge in [-0.2, -0.15) is 0 Å². The highest BCUT2D eigenvalue weighted by molar-refractivity contribution is 5.99. The van der Waals surface area contributed by atoms with Crippen LogP contribution in [0.2, 0.25) is 0 Å². The molecule has 2 N–H and O–H groups in total. The highest BCUT2D eigenvalue weighted by atomic mass is 16.5. The van der Waals surface area contributed by atoms with E-state index in [0.717, 1.165) is 37.1 Å². The van der Waals surface area contributed by atoms with Gasteiger partial charge >= 0.3 is 0 Å². The molecule has 5 nitrogen and oxygen atoms in total. The minimum absolute atomic E-state index is 0.0474. The molecule has 1 aliphatic rings. The molecule has 1 aromatic carbocycles. The van der Waals surface area contributed by atoms with Gasteiger partial charge in [0.1, 0.15) is 5.60 Å². The van der Waals surface area contributed by atoms with Gasteiger partial charge in [0.05, 0.1) is 0 Å². The lowest BCUT2D eigenvalue weighted by Crippen LogP contribution is -2.51. The molecule has 1 aromatic heterocycles. The molecule has 124 valence electrons. The van der Waals surface area contributed by atoms with Gasteiger partial charge in [0.2, 0.25) is 0 Å². The van der Waals surface area contributed by atoms with Crippen molar-refractivity contribution in [2.45, 2.75) is 38.3 Å². The fourth-order valence-electron chi connectivity index (χ4n) is 3.31. The largest absolute Gasteiger partial charge is 0.368 e. The van der Waals surface area contributed by atoms with Crippen molar-refractivity contribution in [3.05, 3.63) is 30.5 Å². The van der Waals surface area contributed by atoms with Crippen molar-refractivity contribution < 1.29 is 9.53 Å². The van der Waals surface area contributed by atoms with Crippen molar-refractivity contribution in [1.82, 2.24) is 9.88 Å². The molecule has 0 radical (unpaired) electrons. The van der Waals surface area contributed by atoms with Crippen LogP contribution in [-0.4, -0.2) is 36.3 Å². The molecule has 0 unspecified atom stereocenters. The lowest BCUT2D eigenvalue weighted by molar-refractivity contribution is -0.140. The van der Waals surface area contributed by atoms with Gasteiger partial charge in [-0.15, -0.1) is 0 Å². The molecule has 3 rings (SSSR count). The number of nitrogens with one attached hydrogen (secondary N) is 2. The number of carbonyl (C=O) groups excluding carboxylic acids is 1. The van der Waals surface area contributed by atoms with Crippen molar-refractivity contribution in [3.8, 4) is 0 Å². The second-order valence-corrected chi connectivity index (χ2v) is 6.19. The summed E-state index contributed by atoms with van der Waals surface area (Å²) in [5.74, 6) is -0.0474. The Balaban J connectivity index is 1.79. The number of piperidine rings is 1. The number of benzene rings is 1. The molecule has 1 amide bonds. The Morgan fingerprint density at radius 1 is 1.35 bits per heavy atom. The number of hydrogen-bond acceptors (Lipinski definition) is 3. The molecular weight excluding hydrogens is 290 g/mol. The van der Waals surface area contributed by atoms with Crippen molar-refractivity contribution in [2.75, 3.05) is 25.5 Å². The predicted molar refractivity (Wildman–Crippen MR) is 92.7 cm³/mol. The van der Waals surface area contributed by atoms with E-state index in [2.05, 4.69) is 40.5 Å². The van der Waals surface area contributed by atoms with Crippen LogP contribution in [0.4, 0.5) is 5.69 Å². The summed E-state index contributed by atoms with van der Waals surface area (Å²) < 4.78 is 7.82. The summed E-state index contributed by atoms with van der Waals surface area (Å²) in [4.78, 5) is 12.7. The highest BCUT2D eigenvalue weighted by Gasteiger charge is 2.39. The molecule has 2 aromatic rings. The van der Waals surface area contributed by atoms with Gasteiger partial charge in [-0.3, -0.25) is 4.79 Å². The van der Waals surface area contributed by atoms with Crippen LogP contribution < -0.4 is 10.6 Å². The molecular formula is C18H25N3O2. The van der Waals surface area contributed by atoms with E-state index >= 15 is 0 Å². The van der Waals surface area contributed by atoms with Crippen molar-refractivity contribution in [2.24, 2.45) is 0 Å². The number of aryl methyl sites for hydroxylation is 1. The number of aromatic nitrogens is 1. The SMILES string of the molecule is CCCn1ccc2cc(NC(=O)C3(OC)CCNCC3)ccc21. The fraction of sp³-hybridized carbons (Fsp3) is 0.500. The van der Waals surface area contributed by atoms with Gasteiger partial charge in [0, 0.05) is 36.4 Å². The van der Waals surface area contributed by atoms with Crippen molar-refractivity contribution in [1.29, 1.82) is 0 Å². The van der Waals surface area contributed by atoms with Gasteiger partial charge in [-0.1, -0.05) is 6.92 Å². The quantitative estimate of drug-likeness (QED) is 0.892. The standard InChI is InChI=1S/C18H25N3O2/c1-3-11-21-12-6-14-13-15(4-5-16(14)21)20-17(22)18(23-2)7-9-19-10-8-18/h4-6,12-13,19H,3,7-11H2,1-2H3,(H,20,22). The van der Waals surface area contributed by atoms with Gasteiger partial charge in [-0.25, -0.2) is 0 Å². The van der Waals surface area contributed by atoms with Crippen LogP contribution in [0, 0.1) is 0 Å². The summed E-state index contributed by atoms with van der Waals surface area (Å²) in [7, 11) is 1.62. The molecule has 23 heavy (non-hydrogen) atoms. The monoisotopic (exact) mass is 315 g/mol. The first-order valence-electron chi connectivity index (χ1n) is 8.35. The van der Waals surface area contributed by atoms with Crippen LogP contribution in [0.5, 0.6) is 0 Å². The van der Waals surface area contributed by atoms with Crippen LogP contribution in [0.15, 0.2) is 30.5 Å². The molecule has 0 bridgehead atoms. The summed E-state index contributed by atoms with van der Waals surface area (Å²) in [6.45, 7) is 4.79. The van der Waals surface area contributed by atoms with Gasteiger partial charge in [0.25, 0.3) is 5.91 Å². The van der Waals surface area contributed by atoms with E-state index in [1.165, 1.54) is 5.52 Å². The van der Waals surface area contributed by atoms with Crippen LogP contribution in [0.1, 0.15) is 26.2 Å². The van der Waals surface area contributed by atoms with Gasteiger partial charge < -0.3 is 19.9 Å². The van der Waals surface area contributed by atoms with E-state index in [1.807, 2.05) is 12.1 Å². The maximum absolute atomic E-state index is 12.7. The summed E-state index contributed by atoms with van der Waals surface area (Å²) in [6.07, 6.45) is 4.60. The van der Waals surface area contributed by atoms with Crippen LogP contribution in [0.3, 0.4) is 0 Å². The minimum atomic E-state index is -0.714. The third kappa shape index (κ3) is 3.12. The molecule has 0 saturated carbocycles. The normalized spacial score (nSPS) is 17.3. The third-order valence-electron chi connectivity index (χ3n) is 4.71. The second-order valence-electron chi connectivity index (χ2n) is 6.19. The molecule has 5 heteroatoms. The van der Waals surface area contributed by atoms with E-state index in [4.69, 9.17) is 4.74 Å². The number of methoxy groups -OCH3 is 1. The zero-order valence-electron chi connectivity index (χ0n) is 13.9. The van der Waals surface area contributed by atoms with Crippen molar-refractivity contribution >= 4 is 22.5 Å². The first kappa shape index (κ1) is 16.0. The molecule has 1 fully saturated rings. The van der Waals surface area contributed by atoms with Crippen LogP contribution in [-0.2, 0) is 16.1 Å². The zero-order chi connectivity index (χ0) is 16.3. The van der Waals surface area contributed by atoms with Gasteiger partial charge in [0.15, 0.2) is 0 Å². The molecule has 0 atom stereocenters. The zero-order valence-corrected chi connectivity index (χ0v) is 13.9. The Kier molecular flexibility index (Phi) is 4.68. The molecule has 1 saturated heterocycles. The summed E-state index contributed by atoms with van der Waals surface area (Å²) in [6, 6.07) is 8.17. The third-order valence-corrected chi connectivity index (χ3v) is 4.71. The van der Waals surface area contributed by atoms with Crippen LogP contribution in [0.25, 0.3) is 10.9 Å². The number of rotatable bonds is 5. The average molecular weight is 315 g/mol. The number of ether oxygens (including phenoxy) is 1. The maximum Gasteiger partial charge on any atom is 0.256 e. The average Bonchev–Trinajstić information content (AvgIpc) is 2.98. The maximum atomic E-state index is 12.7. The van der Waals surface area contributed by atoms with Crippen LogP contribution >= 0.6 is 0 Å². The Hall–Kier alpha value is -1.85. The smallest absolute Gasteiger partial charge is 0.256 e. The lowest BCUT2D eigenvalue weighted by atomic mass is 9.91. The minimum Gasteiger partial charge on any atom is -0.368 e. The number of anilines is 1. The first-order valence-corrected chi connectivity index (χ1v) is 8.35. The van der Waals surface area contributed by atoms with E-state index in [0.29, 0.717) is 12.8 Å². The second kappa shape index (κ2) is 6.72. The van der Waals surface area contributed by atoms with E-state index < -0.39 is 5.60 Å². The highest BCUT2D eigenvalue weighted by Crippen LogP contribution is 2.26. The Morgan fingerprint density at radius 2 is 2.13 bits per heavy atom. The molecule has 0 aliphatic carbocycles. The predicted octanol–water partition coefficient (Wildman–Crippen LogP) is 2.76. The van der Waals surface area contributed by atoms with Gasteiger partial charge in [-0.05, 0) is 56.6 Å². The molecule has 2 heterocycles. The Morgan fingerprint density at radius 3 is 2.83 bits per heavy atom. The summed E-state index contributed by atoms with van der Waals surface area (Å²) >= 11 is 0. The van der Waals surface area contributed by atoms with E-state index in [-0.39, 0.29) is 5.91 Å². The molecule has 1 aliphatic heterocycles. The number of amides is 1. The van der Waals surface area contributed by atoms with E-state index in [9.17, 15) is 4.79 Å². The number of carbonyl (C=O) groups is 1. The fourth-order valence-corrected chi connectivity index (χ4v) is 3.31. The number of fused-ring (bicyclic) bond motifs is 1. The Labute approximate surface area is 137 Å². The molecule has 0 spiro atoms. The topological polar surface area (TPSA) is 55.3 Å². The number of nitrogens with zero attached hydrogens (tertiary/aromatic N) is 1. The lowest BCUT2D eigenvalue weighted by Gasteiger charge is -2.34. The Bertz CT molecular complexity index is 687. The van der Waals surface area contributed by atoms with E-state index in [1.54, 1.807) is 7.11 Å². The summed E-state index contributed by atoms with van der Waals surface area (Å²) in [5, 5.41) is 7.45. The number of hydrogen-bond donors (Lipinski definition) is 2. The summed E-state index contributed by atoms with van der Waals surface area (Å²) in [5.41, 5.74) is 1.31. The first-order chi connectivity index (χ1) is 11.2.